The van der Waals surface area contributed by atoms with Crippen LogP contribution in [0.2, 0.25) is 10.0 Å². The summed E-state index contributed by atoms with van der Waals surface area (Å²) in [7, 11) is 0. The van der Waals surface area contributed by atoms with Crippen molar-refractivity contribution in [2.45, 2.75) is 33.3 Å². The fourth-order valence-corrected chi connectivity index (χ4v) is 3.90. The van der Waals surface area contributed by atoms with E-state index in [0.29, 0.717) is 16.3 Å². The quantitative estimate of drug-likeness (QED) is 0.337. The number of rotatable bonds is 6. The van der Waals surface area contributed by atoms with Crippen LogP contribution < -0.4 is 10.6 Å². The number of aromatic nitrogens is 1. The second kappa shape index (κ2) is 8.93. The Kier molecular flexibility index (Phi) is 6.56. The predicted molar refractivity (Wildman–Crippen MR) is 120 cm³/mol. The van der Waals surface area contributed by atoms with Gasteiger partial charge in [0.15, 0.2) is 6.10 Å². The highest BCUT2D eigenvalue weighted by atomic mass is 35.5. The summed E-state index contributed by atoms with van der Waals surface area (Å²) >= 11 is 12.4. The van der Waals surface area contributed by atoms with Gasteiger partial charge in [-0.1, -0.05) is 42.3 Å². The number of hydrogen-bond donors (Lipinski definition) is 1. The molecule has 3 nitrogen and oxygen atoms in total. The number of nitrogens with zero attached hydrogens (tertiary/aromatic N) is 1. The summed E-state index contributed by atoms with van der Waals surface area (Å²) in [6, 6.07) is 12.5. The smallest absolute Gasteiger partial charge is 0.150 e. The van der Waals surface area contributed by atoms with Gasteiger partial charge in [-0.15, -0.1) is 0 Å². The summed E-state index contributed by atoms with van der Waals surface area (Å²) in [6.45, 7) is 5.88. The summed E-state index contributed by atoms with van der Waals surface area (Å²) in [5.74, 6) is -0.528. The molecule has 0 bridgehead atoms. The molecule has 1 aromatic heterocycles. The molecule has 0 amide bonds. The van der Waals surface area contributed by atoms with Crippen molar-refractivity contribution in [3.8, 4) is 0 Å². The van der Waals surface area contributed by atoms with Gasteiger partial charge in [-0.2, -0.15) is 4.73 Å². The molecule has 0 aliphatic rings. The van der Waals surface area contributed by atoms with Crippen molar-refractivity contribution in [1.29, 1.82) is 0 Å². The van der Waals surface area contributed by atoms with Gasteiger partial charge < -0.3 is 10.6 Å². The summed E-state index contributed by atoms with van der Waals surface area (Å²) < 4.78 is 15.6. The number of hydrogen-bond acceptors (Lipinski definition) is 2. The van der Waals surface area contributed by atoms with Crippen LogP contribution in [0.1, 0.15) is 48.8 Å². The molecule has 0 aliphatic heterocycles. The third-order valence-electron chi connectivity index (χ3n) is 4.81. The van der Waals surface area contributed by atoms with Gasteiger partial charge in [-0.3, -0.25) is 0 Å². The first kappa shape index (κ1) is 21.3. The molecule has 152 valence electrons. The SMILES string of the molecule is CC/C(=C\c1c(C)ccn1OC(C)c1c(Cl)ccc(F)c1Cl)c1cccc(N)c1. The van der Waals surface area contributed by atoms with Gasteiger partial charge in [0.05, 0.1) is 10.7 Å². The molecule has 6 heteroatoms. The minimum absolute atomic E-state index is 0.0278. The van der Waals surface area contributed by atoms with Gasteiger partial charge in [0.2, 0.25) is 0 Å². The highest BCUT2D eigenvalue weighted by Crippen LogP contribution is 2.33. The molecule has 0 fully saturated rings. The van der Waals surface area contributed by atoms with Crippen molar-refractivity contribution in [3.05, 3.63) is 86.9 Å². The maximum atomic E-state index is 13.9. The van der Waals surface area contributed by atoms with Crippen LogP contribution in [0.15, 0.2) is 48.7 Å². The number of benzene rings is 2. The van der Waals surface area contributed by atoms with Gasteiger partial charge in [0.1, 0.15) is 5.82 Å². The average molecular weight is 433 g/mol. The van der Waals surface area contributed by atoms with Crippen LogP contribution in [0.4, 0.5) is 10.1 Å². The molecule has 1 unspecified atom stereocenters. The Morgan fingerprint density at radius 2 is 2.00 bits per heavy atom. The van der Waals surface area contributed by atoms with E-state index in [1.807, 2.05) is 43.5 Å². The molecular weight excluding hydrogens is 410 g/mol. The maximum Gasteiger partial charge on any atom is 0.150 e. The molecule has 2 N–H and O–H groups in total. The lowest BCUT2D eigenvalue weighted by Gasteiger charge is -2.20. The van der Waals surface area contributed by atoms with Crippen molar-refractivity contribution in [2.75, 3.05) is 5.73 Å². The Morgan fingerprint density at radius 3 is 2.69 bits per heavy atom. The van der Waals surface area contributed by atoms with Crippen LogP contribution >= 0.6 is 23.2 Å². The van der Waals surface area contributed by atoms with E-state index in [2.05, 4.69) is 13.0 Å². The number of aryl methyl sites for hydroxylation is 1. The zero-order chi connectivity index (χ0) is 21.1. The summed E-state index contributed by atoms with van der Waals surface area (Å²) in [4.78, 5) is 6.09. The number of nitrogen functional groups attached to an aromatic ring is 1. The minimum atomic E-state index is -0.554. The van der Waals surface area contributed by atoms with Crippen molar-refractivity contribution < 1.29 is 9.23 Å². The zero-order valence-electron chi connectivity index (χ0n) is 16.5. The average Bonchev–Trinajstić information content (AvgIpc) is 3.02. The molecule has 0 aliphatic carbocycles. The first-order chi connectivity index (χ1) is 13.8. The second-order valence-corrected chi connectivity index (χ2v) is 7.65. The summed E-state index contributed by atoms with van der Waals surface area (Å²) in [5, 5.41) is 0.332. The van der Waals surface area contributed by atoms with E-state index >= 15 is 0 Å². The zero-order valence-corrected chi connectivity index (χ0v) is 18.1. The van der Waals surface area contributed by atoms with Crippen molar-refractivity contribution >= 4 is 40.5 Å². The third kappa shape index (κ3) is 4.60. The van der Waals surface area contributed by atoms with Gasteiger partial charge in [-0.25, -0.2) is 4.39 Å². The van der Waals surface area contributed by atoms with Gasteiger partial charge in [-0.05, 0) is 73.4 Å². The lowest BCUT2D eigenvalue weighted by Crippen LogP contribution is -2.17. The van der Waals surface area contributed by atoms with Gasteiger partial charge in [0.25, 0.3) is 0 Å². The van der Waals surface area contributed by atoms with Crippen LogP contribution in [0.25, 0.3) is 11.6 Å². The molecular formula is C23H23Cl2FN2O. The highest BCUT2D eigenvalue weighted by molar-refractivity contribution is 6.36. The lowest BCUT2D eigenvalue weighted by molar-refractivity contribution is 0.0470. The van der Waals surface area contributed by atoms with Gasteiger partial charge >= 0.3 is 0 Å². The van der Waals surface area contributed by atoms with Crippen LogP contribution in [-0.4, -0.2) is 4.73 Å². The molecule has 3 aromatic rings. The molecule has 0 saturated carbocycles. The molecule has 1 atom stereocenters. The molecule has 0 spiro atoms. The third-order valence-corrected chi connectivity index (χ3v) is 5.52. The Balaban J connectivity index is 1.97. The van der Waals surface area contributed by atoms with Crippen molar-refractivity contribution in [2.24, 2.45) is 0 Å². The molecule has 29 heavy (non-hydrogen) atoms. The summed E-state index contributed by atoms with van der Waals surface area (Å²) in [6.07, 6.45) is 4.17. The standard InChI is InChI=1S/C23H23Cl2FN2O/c1-4-16(17-6-5-7-18(27)12-17)13-21-14(2)10-11-28(21)29-15(3)22-19(24)8-9-20(26)23(22)25/h5-13,15H,4,27H2,1-3H3/b16-13+. The first-order valence-corrected chi connectivity index (χ1v) is 10.1. The Labute approximate surface area is 180 Å². The maximum absolute atomic E-state index is 13.9. The molecule has 1 heterocycles. The minimum Gasteiger partial charge on any atom is -0.406 e. The van der Waals surface area contributed by atoms with E-state index in [1.54, 1.807) is 11.7 Å². The molecule has 3 rings (SSSR count). The predicted octanol–water partition coefficient (Wildman–Crippen LogP) is 6.97. The topological polar surface area (TPSA) is 40.2 Å². The summed E-state index contributed by atoms with van der Waals surface area (Å²) in [5.41, 5.74) is 11.2. The number of allylic oxidation sites excluding steroid dienone is 1. The van der Waals surface area contributed by atoms with Crippen LogP contribution in [0, 0.1) is 12.7 Å². The van der Waals surface area contributed by atoms with E-state index in [-0.39, 0.29) is 5.02 Å². The monoisotopic (exact) mass is 432 g/mol. The largest absolute Gasteiger partial charge is 0.406 e. The van der Waals surface area contributed by atoms with E-state index in [9.17, 15) is 4.39 Å². The Morgan fingerprint density at radius 1 is 1.24 bits per heavy atom. The first-order valence-electron chi connectivity index (χ1n) is 9.36. The van der Waals surface area contributed by atoms with E-state index < -0.39 is 11.9 Å². The number of anilines is 1. The van der Waals surface area contributed by atoms with E-state index in [4.69, 9.17) is 33.8 Å². The van der Waals surface area contributed by atoms with Crippen molar-refractivity contribution in [1.82, 2.24) is 4.73 Å². The lowest BCUT2D eigenvalue weighted by atomic mass is 10.0. The van der Waals surface area contributed by atoms with Crippen molar-refractivity contribution in [3.63, 3.8) is 0 Å². The van der Waals surface area contributed by atoms with Crippen LogP contribution in [0.5, 0.6) is 0 Å². The second-order valence-electron chi connectivity index (χ2n) is 6.86. The van der Waals surface area contributed by atoms with E-state index in [0.717, 1.165) is 28.8 Å². The van der Waals surface area contributed by atoms with Gasteiger partial charge in [0, 0.05) is 22.5 Å². The molecule has 0 radical (unpaired) electrons. The number of halogens is 3. The Bertz CT molecular complexity index is 1060. The fourth-order valence-electron chi connectivity index (χ4n) is 3.22. The number of nitrogens with two attached hydrogens (primary N) is 1. The van der Waals surface area contributed by atoms with Crippen LogP contribution in [-0.2, 0) is 0 Å². The molecule has 2 aromatic carbocycles. The fraction of sp³-hybridized carbons (Fsp3) is 0.217. The normalized spacial score (nSPS) is 12.8. The van der Waals surface area contributed by atoms with Crippen LogP contribution in [0.3, 0.4) is 0 Å². The van der Waals surface area contributed by atoms with E-state index in [1.165, 1.54) is 12.1 Å². The Hall–Kier alpha value is -2.43. The highest BCUT2D eigenvalue weighted by Gasteiger charge is 2.20. The molecule has 0 saturated heterocycles.